The number of nitrogens with one attached hydrogen (secondary N) is 2. The maximum Gasteiger partial charge on any atom is 0.183 e. The standard InChI is InChI=1S/C22H26N2O4S2/c1-2-16-7-9-18(10-8-16)30(27,28)22-15-29(25,26)14-21(22)23-12-11-17-13-24-20-6-4-3-5-19(17)20/h3-10,13,21-24H,2,11-12,14-15H2,1H3/t21-,22+/m1/s1. The van der Waals surface area contributed by atoms with Crippen LogP contribution < -0.4 is 5.32 Å². The van der Waals surface area contributed by atoms with Crippen molar-refractivity contribution >= 4 is 30.6 Å². The zero-order valence-corrected chi connectivity index (χ0v) is 18.5. The molecule has 1 aliphatic heterocycles. The lowest BCUT2D eigenvalue weighted by atomic mass is 10.1. The first kappa shape index (κ1) is 21.1. The van der Waals surface area contributed by atoms with Crippen LogP contribution >= 0.6 is 0 Å². The molecule has 0 radical (unpaired) electrons. The molecule has 2 aromatic carbocycles. The van der Waals surface area contributed by atoms with Gasteiger partial charge in [0.15, 0.2) is 19.7 Å². The summed E-state index contributed by atoms with van der Waals surface area (Å²) >= 11 is 0. The summed E-state index contributed by atoms with van der Waals surface area (Å²) in [6.07, 6.45) is 3.44. The van der Waals surface area contributed by atoms with E-state index in [-0.39, 0.29) is 16.4 Å². The molecule has 6 nitrogen and oxygen atoms in total. The van der Waals surface area contributed by atoms with Crippen LogP contribution in [0.1, 0.15) is 18.1 Å². The molecular formula is C22H26N2O4S2. The van der Waals surface area contributed by atoms with Gasteiger partial charge >= 0.3 is 0 Å². The van der Waals surface area contributed by atoms with Crippen LogP contribution in [0.2, 0.25) is 0 Å². The predicted octanol–water partition coefficient (Wildman–Crippen LogP) is 2.50. The first-order chi connectivity index (χ1) is 14.3. The first-order valence-corrected chi connectivity index (χ1v) is 13.5. The quantitative estimate of drug-likeness (QED) is 0.581. The van der Waals surface area contributed by atoms with Crippen LogP contribution in [0.4, 0.5) is 0 Å². The van der Waals surface area contributed by atoms with Crippen molar-refractivity contribution in [3.8, 4) is 0 Å². The number of benzene rings is 2. The van der Waals surface area contributed by atoms with Crippen molar-refractivity contribution < 1.29 is 16.8 Å². The second-order valence-corrected chi connectivity index (χ2v) is 12.1. The summed E-state index contributed by atoms with van der Waals surface area (Å²) in [5.74, 6) is -0.493. The van der Waals surface area contributed by atoms with E-state index < -0.39 is 31.0 Å². The molecule has 0 bridgehead atoms. The highest BCUT2D eigenvalue weighted by molar-refractivity contribution is 7.96. The smallest absolute Gasteiger partial charge is 0.183 e. The number of para-hydroxylation sites is 1. The van der Waals surface area contributed by atoms with E-state index in [2.05, 4.69) is 10.3 Å². The summed E-state index contributed by atoms with van der Waals surface area (Å²) in [4.78, 5) is 3.41. The summed E-state index contributed by atoms with van der Waals surface area (Å²) in [5, 5.41) is 3.37. The van der Waals surface area contributed by atoms with Crippen molar-refractivity contribution in [3.63, 3.8) is 0 Å². The Morgan fingerprint density at radius 3 is 2.53 bits per heavy atom. The number of hydrogen-bond donors (Lipinski definition) is 2. The summed E-state index contributed by atoms with van der Waals surface area (Å²) in [7, 11) is -7.17. The second-order valence-electron chi connectivity index (χ2n) is 7.83. The fourth-order valence-electron chi connectivity index (χ4n) is 4.13. The third kappa shape index (κ3) is 4.17. The number of sulfone groups is 2. The molecule has 4 rings (SSSR count). The molecule has 2 N–H and O–H groups in total. The molecule has 8 heteroatoms. The molecule has 1 fully saturated rings. The second kappa shape index (κ2) is 8.17. The Labute approximate surface area is 177 Å². The zero-order valence-electron chi connectivity index (χ0n) is 16.8. The number of rotatable bonds is 7. The average Bonchev–Trinajstić information content (AvgIpc) is 3.28. The van der Waals surface area contributed by atoms with Gasteiger partial charge in [-0.2, -0.15) is 0 Å². The maximum absolute atomic E-state index is 13.2. The van der Waals surface area contributed by atoms with Gasteiger partial charge in [0, 0.05) is 23.1 Å². The van der Waals surface area contributed by atoms with Gasteiger partial charge in [-0.15, -0.1) is 0 Å². The molecule has 1 aliphatic rings. The molecule has 0 aliphatic carbocycles. The minimum Gasteiger partial charge on any atom is -0.361 e. The lowest BCUT2D eigenvalue weighted by Crippen LogP contribution is -2.44. The molecule has 0 amide bonds. The Morgan fingerprint density at radius 2 is 1.80 bits per heavy atom. The topological polar surface area (TPSA) is 96.1 Å². The van der Waals surface area contributed by atoms with Gasteiger partial charge in [0.1, 0.15) is 0 Å². The van der Waals surface area contributed by atoms with Gasteiger partial charge < -0.3 is 10.3 Å². The van der Waals surface area contributed by atoms with E-state index in [1.165, 1.54) is 0 Å². The van der Waals surface area contributed by atoms with Crippen molar-refractivity contribution in [1.82, 2.24) is 10.3 Å². The van der Waals surface area contributed by atoms with E-state index in [4.69, 9.17) is 0 Å². The van der Waals surface area contributed by atoms with Crippen molar-refractivity contribution in [2.45, 2.75) is 36.0 Å². The molecule has 1 saturated heterocycles. The summed E-state index contributed by atoms with van der Waals surface area (Å²) in [5.41, 5.74) is 3.21. The van der Waals surface area contributed by atoms with E-state index in [1.54, 1.807) is 24.3 Å². The van der Waals surface area contributed by atoms with Gasteiger partial charge in [-0.1, -0.05) is 37.3 Å². The molecular weight excluding hydrogens is 420 g/mol. The van der Waals surface area contributed by atoms with Crippen LogP contribution in [0, 0.1) is 0 Å². The Morgan fingerprint density at radius 1 is 1.07 bits per heavy atom. The van der Waals surface area contributed by atoms with Crippen molar-refractivity contribution in [3.05, 3.63) is 65.9 Å². The van der Waals surface area contributed by atoms with E-state index in [0.29, 0.717) is 13.0 Å². The van der Waals surface area contributed by atoms with Crippen molar-refractivity contribution in [2.75, 3.05) is 18.1 Å². The van der Waals surface area contributed by atoms with Gasteiger partial charge in [0.2, 0.25) is 0 Å². The largest absolute Gasteiger partial charge is 0.361 e. The van der Waals surface area contributed by atoms with Gasteiger partial charge in [-0.25, -0.2) is 16.8 Å². The lowest BCUT2D eigenvalue weighted by Gasteiger charge is -2.20. The average molecular weight is 447 g/mol. The highest BCUT2D eigenvalue weighted by Gasteiger charge is 2.45. The Kier molecular flexibility index (Phi) is 5.74. The van der Waals surface area contributed by atoms with Crippen LogP contribution in [-0.4, -0.2) is 51.2 Å². The van der Waals surface area contributed by atoms with Crippen LogP contribution in [0.3, 0.4) is 0 Å². The van der Waals surface area contributed by atoms with E-state index in [0.717, 1.165) is 28.5 Å². The van der Waals surface area contributed by atoms with E-state index >= 15 is 0 Å². The summed E-state index contributed by atoms with van der Waals surface area (Å²) in [6.45, 7) is 2.50. The SMILES string of the molecule is CCc1ccc(S(=O)(=O)[C@H]2CS(=O)(=O)C[C@H]2NCCc2c[nH]c3ccccc23)cc1. The Balaban J connectivity index is 1.50. The van der Waals surface area contributed by atoms with Gasteiger partial charge in [-0.3, -0.25) is 0 Å². The highest BCUT2D eigenvalue weighted by atomic mass is 32.2. The van der Waals surface area contributed by atoms with Crippen LogP contribution in [0.25, 0.3) is 10.9 Å². The fraction of sp³-hybridized carbons (Fsp3) is 0.364. The number of aryl methyl sites for hydroxylation is 1. The van der Waals surface area contributed by atoms with Crippen molar-refractivity contribution in [1.29, 1.82) is 0 Å². The zero-order chi connectivity index (χ0) is 21.4. The van der Waals surface area contributed by atoms with Crippen LogP contribution in [0.5, 0.6) is 0 Å². The monoisotopic (exact) mass is 446 g/mol. The van der Waals surface area contributed by atoms with Gasteiger partial charge in [0.25, 0.3) is 0 Å². The third-order valence-corrected chi connectivity index (χ3v) is 10.0. The van der Waals surface area contributed by atoms with Gasteiger partial charge in [-0.05, 0) is 48.7 Å². The van der Waals surface area contributed by atoms with E-state index in [9.17, 15) is 16.8 Å². The molecule has 1 aromatic heterocycles. The molecule has 0 saturated carbocycles. The normalized spacial score (nSPS) is 21.2. The number of aromatic amines is 1. The van der Waals surface area contributed by atoms with Crippen molar-refractivity contribution in [2.24, 2.45) is 0 Å². The molecule has 3 aromatic rings. The number of fused-ring (bicyclic) bond motifs is 1. The molecule has 2 atom stereocenters. The Bertz CT molecular complexity index is 1250. The molecule has 160 valence electrons. The molecule has 30 heavy (non-hydrogen) atoms. The first-order valence-electron chi connectivity index (χ1n) is 10.1. The molecule has 2 heterocycles. The summed E-state index contributed by atoms with van der Waals surface area (Å²) < 4.78 is 51.0. The lowest BCUT2D eigenvalue weighted by molar-refractivity contribution is 0.528. The highest BCUT2D eigenvalue weighted by Crippen LogP contribution is 2.26. The molecule has 0 spiro atoms. The molecule has 0 unspecified atom stereocenters. The fourth-order valence-corrected chi connectivity index (χ4v) is 8.85. The van der Waals surface area contributed by atoms with Crippen LogP contribution in [-0.2, 0) is 32.5 Å². The number of H-pyrrole nitrogens is 1. The minimum absolute atomic E-state index is 0.155. The minimum atomic E-state index is -3.75. The summed E-state index contributed by atoms with van der Waals surface area (Å²) in [6, 6.07) is 14.1. The number of hydrogen-bond acceptors (Lipinski definition) is 5. The predicted molar refractivity (Wildman–Crippen MR) is 119 cm³/mol. The van der Waals surface area contributed by atoms with Gasteiger partial charge in [0.05, 0.1) is 21.7 Å². The Hall–Kier alpha value is -2.16. The maximum atomic E-state index is 13.2. The van der Waals surface area contributed by atoms with E-state index in [1.807, 2.05) is 37.4 Å². The van der Waals surface area contributed by atoms with Crippen LogP contribution in [0.15, 0.2) is 59.6 Å². The third-order valence-electron chi connectivity index (χ3n) is 5.83. The number of aromatic nitrogens is 1.